The van der Waals surface area contributed by atoms with Gasteiger partial charge in [0.1, 0.15) is 6.61 Å². The Balaban J connectivity index is 1.41. The minimum Gasteiger partial charge on any atom is -0.384 e. The molecule has 4 heteroatoms. The van der Waals surface area contributed by atoms with Crippen molar-refractivity contribution in [3.05, 3.63) is 57.8 Å². The van der Waals surface area contributed by atoms with Crippen molar-refractivity contribution in [2.45, 2.75) is 32.1 Å². The maximum Gasteiger partial charge on any atom is 0.104 e. The normalized spacial score (nSPS) is 15.9. The first kappa shape index (κ1) is 17.2. The van der Waals surface area contributed by atoms with Crippen LogP contribution in [0.2, 0.25) is 0 Å². The van der Waals surface area contributed by atoms with Crippen LogP contribution in [0.1, 0.15) is 28.8 Å². The summed E-state index contributed by atoms with van der Waals surface area (Å²) in [5.41, 5.74) is 2.25. The monoisotopic (exact) mass is 341 g/mol. The van der Waals surface area contributed by atoms with Crippen LogP contribution in [0, 0.1) is 11.8 Å². The Hall–Kier alpha value is -1.64. The lowest BCUT2D eigenvalue weighted by Crippen LogP contribution is -2.36. The van der Waals surface area contributed by atoms with E-state index in [4.69, 9.17) is 9.84 Å². The van der Waals surface area contributed by atoms with Gasteiger partial charge in [-0.25, -0.2) is 0 Å². The summed E-state index contributed by atoms with van der Waals surface area (Å²) >= 11 is 1.74. The molecule has 1 N–H and O–H groups in total. The van der Waals surface area contributed by atoms with Crippen molar-refractivity contribution in [2.75, 3.05) is 19.7 Å². The number of aliphatic hydroxyl groups excluding tert-OH is 1. The van der Waals surface area contributed by atoms with Gasteiger partial charge in [-0.1, -0.05) is 42.2 Å². The Labute approximate surface area is 147 Å². The summed E-state index contributed by atoms with van der Waals surface area (Å²) in [6.45, 7) is 3.77. The molecule has 0 amide bonds. The summed E-state index contributed by atoms with van der Waals surface area (Å²) in [4.78, 5) is 3.82. The molecule has 1 fully saturated rings. The maximum atomic E-state index is 8.75. The maximum absolute atomic E-state index is 8.75. The number of thiophene rings is 1. The van der Waals surface area contributed by atoms with Crippen molar-refractivity contribution in [3.63, 3.8) is 0 Å². The van der Waals surface area contributed by atoms with E-state index < -0.39 is 0 Å². The van der Waals surface area contributed by atoms with E-state index in [2.05, 4.69) is 52.5 Å². The molecule has 1 aliphatic rings. The molecule has 0 unspecified atom stereocenters. The first-order valence-corrected chi connectivity index (χ1v) is 9.26. The molecule has 1 aromatic heterocycles. The van der Waals surface area contributed by atoms with E-state index in [9.17, 15) is 0 Å². The van der Waals surface area contributed by atoms with Crippen molar-refractivity contribution < 1.29 is 9.84 Å². The van der Waals surface area contributed by atoms with E-state index in [1.54, 1.807) is 11.3 Å². The van der Waals surface area contributed by atoms with Crippen LogP contribution in [0.3, 0.4) is 0 Å². The van der Waals surface area contributed by atoms with Gasteiger partial charge >= 0.3 is 0 Å². The third kappa shape index (κ3) is 5.19. The van der Waals surface area contributed by atoms with E-state index >= 15 is 0 Å². The molecule has 2 heterocycles. The van der Waals surface area contributed by atoms with Gasteiger partial charge in [0.15, 0.2) is 0 Å². The summed E-state index contributed by atoms with van der Waals surface area (Å²) in [5, 5.41) is 10.8. The molecule has 1 saturated heterocycles. The SMILES string of the molecule is OCC#Cc1csc(CN2CCC(OCc3ccccc3)CC2)c1. The number of aliphatic hydroxyl groups is 1. The Morgan fingerprint density at radius 3 is 2.75 bits per heavy atom. The molecule has 1 aliphatic heterocycles. The van der Waals surface area contributed by atoms with Gasteiger partial charge in [-0.3, -0.25) is 4.90 Å². The molecule has 3 nitrogen and oxygen atoms in total. The smallest absolute Gasteiger partial charge is 0.104 e. The molecular weight excluding hydrogens is 318 g/mol. The Morgan fingerprint density at radius 1 is 1.21 bits per heavy atom. The van der Waals surface area contributed by atoms with Crippen LogP contribution in [-0.4, -0.2) is 35.8 Å². The largest absolute Gasteiger partial charge is 0.384 e. The van der Waals surface area contributed by atoms with Crippen LogP contribution in [0.4, 0.5) is 0 Å². The lowest BCUT2D eigenvalue weighted by Gasteiger charge is -2.31. The first-order valence-electron chi connectivity index (χ1n) is 8.38. The van der Waals surface area contributed by atoms with Gasteiger partial charge in [-0.15, -0.1) is 11.3 Å². The molecule has 3 rings (SSSR count). The summed E-state index contributed by atoms with van der Waals surface area (Å²) in [6, 6.07) is 12.5. The minimum absolute atomic E-state index is 0.0817. The van der Waals surface area contributed by atoms with Crippen LogP contribution in [0.5, 0.6) is 0 Å². The van der Waals surface area contributed by atoms with Crippen molar-refractivity contribution in [1.82, 2.24) is 4.90 Å². The topological polar surface area (TPSA) is 32.7 Å². The number of hydrogen-bond acceptors (Lipinski definition) is 4. The number of hydrogen-bond donors (Lipinski definition) is 1. The molecule has 0 radical (unpaired) electrons. The number of rotatable bonds is 5. The molecular formula is C20H23NO2S. The van der Waals surface area contributed by atoms with Crippen LogP contribution in [0.25, 0.3) is 0 Å². The van der Waals surface area contributed by atoms with Crippen molar-refractivity contribution >= 4 is 11.3 Å². The fraction of sp³-hybridized carbons (Fsp3) is 0.400. The van der Waals surface area contributed by atoms with Gasteiger partial charge in [0.05, 0.1) is 12.7 Å². The highest BCUT2D eigenvalue weighted by atomic mass is 32.1. The van der Waals surface area contributed by atoms with Gasteiger partial charge in [0.2, 0.25) is 0 Å². The molecule has 1 aromatic carbocycles. The molecule has 2 aromatic rings. The number of nitrogens with zero attached hydrogens (tertiary/aromatic N) is 1. The minimum atomic E-state index is -0.0817. The Bertz CT molecular complexity index is 678. The molecule has 0 aliphatic carbocycles. The summed E-state index contributed by atoms with van der Waals surface area (Å²) in [5.74, 6) is 5.66. The zero-order valence-electron chi connectivity index (χ0n) is 13.8. The fourth-order valence-corrected chi connectivity index (χ4v) is 3.77. The number of piperidine rings is 1. The summed E-state index contributed by atoms with van der Waals surface area (Å²) in [6.07, 6.45) is 2.56. The van der Waals surface area contributed by atoms with E-state index in [-0.39, 0.29) is 6.61 Å². The predicted molar refractivity (Wildman–Crippen MR) is 97.8 cm³/mol. The highest BCUT2D eigenvalue weighted by Crippen LogP contribution is 2.21. The van der Waals surface area contributed by atoms with Gasteiger partial charge in [0, 0.05) is 35.5 Å². The zero-order valence-corrected chi connectivity index (χ0v) is 14.6. The third-order valence-corrected chi connectivity index (χ3v) is 5.13. The average Bonchev–Trinajstić information content (AvgIpc) is 3.07. The highest BCUT2D eigenvalue weighted by molar-refractivity contribution is 7.10. The van der Waals surface area contributed by atoms with Gasteiger partial charge < -0.3 is 9.84 Å². The van der Waals surface area contributed by atoms with Gasteiger partial charge in [-0.2, -0.15) is 0 Å². The molecule has 0 saturated carbocycles. The fourth-order valence-electron chi connectivity index (χ4n) is 2.91. The lowest BCUT2D eigenvalue weighted by atomic mass is 10.1. The van der Waals surface area contributed by atoms with E-state index in [0.717, 1.165) is 38.0 Å². The summed E-state index contributed by atoms with van der Waals surface area (Å²) < 4.78 is 6.05. The number of benzene rings is 1. The van der Waals surface area contributed by atoms with Crippen molar-refractivity contribution in [1.29, 1.82) is 0 Å². The lowest BCUT2D eigenvalue weighted by molar-refractivity contribution is -0.00376. The number of ether oxygens (including phenoxy) is 1. The standard InChI is InChI=1S/C20H23NO2S/c22-12-4-7-18-13-20(24-16-18)14-21-10-8-19(9-11-21)23-15-17-5-2-1-3-6-17/h1-3,5-6,13,16,19,22H,8-12,14-15H2. The average molecular weight is 341 g/mol. The molecule has 0 atom stereocenters. The highest BCUT2D eigenvalue weighted by Gasteiger charge is 2.20. The van der Waals surface area contributed by atoms with Crippen LogP contribution < -0.4 is 0 Å². The van der Waals surface area contributed by atoms with E-state index in [0.29, 0.717) is 12.7 Å². The van der Waals surface area contributed by atoms with Gasteiger partial charge in [0.25, 0.3) is 0 Å². The van der Waals surface area contributed by atoms with Crippen LogP contribution in [-0.2, 0) is 17.9 Å². The third-order valence-electron chi connectivity index (χ3n) is 4.21. The molecule has 24 heavy (non-hydrogen) atoms. The Morgan fingerprint density at radius 2 is 2.00 bits per heavy atom. The van der Waals surface area contributed by atoms with Gasteiger partial charge in [-0.05, 0) is 24.5 Å². The quantitative estimate of drug-likeness (QED) is 0.847. The van der Waals surface area contributed by atoms with E-state index in [1.165, 1.54) is 10.4 Å². The Kier molecular flexibility index (Phi) is 6.45. The van der Waals surface area contributed by atoms with Crippen molar-refractivity contribution in [2.24, 2.45) is 0 Å². The predicted octanol–water partition coefficient (Wildman–Crippen LogP) is 3.27. The van der Waals surface area contributed by atoms with E-state index in [1.807, 2.05) is 6.07 Å². The second-order valence-electron chi connectivity index (χ2n) is 6.03. The molecule has 0 spiro atoms. The first-order chi connectivity index (χ1) is 11.8. The second kappa shape index (κ2) is 9.00. The summed E-state index contributed by atoms with van der Waals surface area (Å²) in [7, 11) is 0. The van der Waals surface area contributed by atoms with Crippen molar-refractivity contribution in [3.8, 4) is 11.8 Å². The van der Waals surface area contributed by atoms with Crippen LogP contribution in [0.15, 0.2) is 41.8 Å². The molecule has 126 valence electrons. The number of likely N-dealkylation sites (tertiary alicyclic amines) is 1. The zero-order chi connectivity index (χ0) is 16.6. The van der Waals surface area contributed by atoms with Crippen LogP contribution >= 0.6 is 11.3 Å². The molecule has 0 bridgehead atoms. The second-order valence-corrected chi connectivity index (χ2v) is 7.03.